The van der Waals surface area contributed by atoms with Gasteiger partial charge >= 0.3 is 0 Å². The van der Waals surface area contributed by atoms with Crippen molar-refractivity contribution in [1.29, 1.82) is 0 Å². The van der Waals surface area contributed by atoms with E-state index < -0.39 is 0 Å². The number of pyridine rings is 1. The van der Waals surface area contributed by atoms with Gasteiger partial charge in [0.1, 0.15) is 5.82 Å². The van der Waals surface area contributed by atoms with Crippen LogP contribution in [0.4, 0.5) is 5.82 Å². The molecule has 0 aliphatic carbocycles. The summed E-state index contributed by atoms with van der Waals surface area (Å²) < 4.78 is 5.13. The maximum Gasteiger partial charge on any atom is 0.133 e. The molecule has 0 fully saturated rings. The summed E-state index contributed by atoms with van der Waals surface area (Å²) in [5.41, 5.74) is 3.36. The zero-order valence-electron chi connectivity index (χ0n) is 11.1. The van der Waals surface area contributed by atoms with Gasteiger partial charge in [-0.25, -0.2) is 4.98 Å². The highest BCUT2D eigenvalue weighted by atomic mass is 35.5. The van der Waals surface area contributed by atoms with Crippen molar-refractivity contribution in [1.82, 2.24) is 4.98 Å². The number of ether oxygens (including phenoxy) is 1. The number of aromatic nitrogens is 1. The fourth-order valence-electron chi connectivity index (χ4n) is 1.89. The predicted molar refractivity (Wildman–Crippen MR) is 73.0 cm³/mol. The van der Waals surface area contributed by atoms with Gasteiger partial charge in [-0.15, -0.1) is 11.6 Å². The van der Waals surface area contributed by atoms with Crippen molar-refractivity contribution in [2.45, 2.75) is 26.7 Å². The number of hydrogen-bond donors (Lipinski definition) is 0. The Morgan fingerprint density at radius 1 is 1.41 bits per heavy atom. The fraction of sp³-hybridized carbons (Fsp3) is 0.615. The van der Waals surface area contributed by atoms with Crippen molar-refractivity contribution in [3.63, 3.8) is 0 Å². The second-order valence-corrected chi connectivity index (χ2v) is 4.36. The van der Waals surface area contributed by atoms with Crippen LogP contribution in [0.25, 0.3) is 0 Å². The van der Waals surface area contributed by atoms with E-state index in [9.17, 15) is 0 Å². The van der Waals surface area contributed by atoms with Gasteiger partial charge in [0.15, 0.2) is 0 Å². The summed E-state index contributed by atoms with van der Waals surface area (Å²) in [6.07, 6.45) is 0. The smallest absolute Gasteiger partial charge is 0.133 e. The summed E-state index contributed by atoms with van der Waals surface area (Å²) in [5.74, 6) is 1.50. The molecule has 0 saturated heterocycles. The van der Waals surface area contributed by atoms with E-state index in [-0.39, 0.29) is 0 Å². The largest absolute Gasteiger partial charge is 0.383 e. The number of rotatable bonds is 6. The molecule has 0 spiro atoms. The van der Waals surface area contributed by atoms with Gasteiger partial charge in [-0.2, -0.15) is 0 Å². The molecule has 0 amide bonds. The van der Waals surface area contributed by atoms with Gasteiger partial charge in [-0.05, 0) is 32.4 Å². The maximum absolute atomic E-state index is 6.03. The minimum absolute atomic E-state index is 0.498. The molecule has 0 N–H and O–H groups in total. The van der Waals surface area contributed by atoms with Crippen LogP contribution in [0.3, 0.4) is 0 Å². The van der Waals surface area contributed by atoms with Gasteiger partial charge in [0.25, 0.3) is 0 Å². The molecule has 17 heavy (non-hydrogen) atoms. The molecular formula is C13H21ClN2O. The number of halogens is 1. The Morgan fingerprint density at radius 3 is 2.65 bits per heavy atom. The van der Waals surface area contributed by atoms with Gasteiger partial charge in [0.2, 0.25) is 0 Å². The first kappa shape index (κ1) is 14.3. The summed E-state index contributed by atoms with van der Waals surface area (Å²) >= 11 is 6.03. The molecule has 1 rings (SSSR count). The quantitative estimate of drug-likeness (QED) is 0.732. The average molecular weight is 257 g/mol. The van der Waals surface area contributed by atoms with Crippen LogP contribution in [0.2, 0.25) is 0 Å². The molecule has 0 saturated carbocycles. The van der Waals surface area contributed by atoms with E-state index >= 15 is 0 Å². The summed E-state index contributed by atoms with van der Waals surface area (Å²) in [7, 11) is 1.71. The number of hydrogen-bond acceptors (Lipinski definition) is 3. The van der Waals surface area contributed by atoms with Gasteiger partial charge in [-0.1, -0.05) is 0 Å². The van der Waals surface area contributed by atoms with E-state index in [1.807, 2.05) is 6.92 Å². The Kier molecular flexibility index (Phi) is 5.72. The van der Waals surface area contributed by atoms with Crippen molar-refractivity contribution < 1.29 is 4.74 Å². The Morgan fingerprint density at radius 2 is 2.12 bits per heavy atom. The number of aryl methyl sites for hydroxylation is 2. The summed E-state index contributed by atoms with van der Waals surface area (Å²) in [6.45, 7) is 8.66. The minimum Gasteiger partial charge on any atom is -0.383 e. The third-order valence-electron chi connectivity index (χ3n) is 2.83. The molecule has 0 aromatic carbocycles. The van der Waals surface area contributed by atoms with Crippen molar-refractivity contribution in [2.75, 3.05) is 31.7 Å². The van der Waals surface area contributed by atoms with Gasteiger partial charge in [0.05, 0.1) is 12.5 Å². The highest BCUT2D eigenvalue weighted by Gasteiger charge is 2.13. The predicted octanol–water partition coefficient (Wildman–Crippen LogP) is 2.91. The van der Waals surface area contributed by atoms with Gasteiger partial charge in [0, 0.05) is 31.5 Å². The molecular weight excluding hydrogens is 236 g/mol. The van der Waals surface area contributed by atoms with E-state index in [1.54, 1.807) is 7.11 Å². The lowest BCUT2D eigenvalue weighted by atomic mass is 10.1. The van der Waals surface area contributed by atoms with Crippen LogP contribution < -0.4 is 4.90 Å². The van der Waals surface area contributed by atoms with Crippen LogP contribution in [-0.4, -0.2) is 31.8 Å². The van der Waals surface area contributed by atoms with Crippen molar-refractivity contribution in [3.05, 3.63) is 22.9 Å². The standard InChI is InChI=1S/C13H21ClN2O/c1-5-16(6-7-17-4)13-12(9-14)10(2)8-11(3)15-13/h8H,5-7,9H2,1-4H3. The first-order chi connectivity index (χ1) is 8.13. The molecule has 0 unspecified atom stereocenters. The van der Waals surface area contributed by atoms with E-state index in [0.29, 0.717) is 12.5 Å². The molecule has 4 heteroatoms. The first-order valence-electron chi connectivity index (χ1n) is 5.91. The molecule has 3 nitrogen and oxygen atoms in total. The second-order valence-electron chi connectivity index (χ2n) is 4.09. The van der Waals surface area contributed by atoms with Crippen LogP contribution in [-0.2, 0) is 10.6 Å². The van der Waals surface area contributed by atoms with Crippen LogP contribution in [0.15, 0.2) is 6.07 Å². The average Bonchev–Trinajstić information content (AvgIpc) is 2.29. The normalized spacial score (nSPS) is 10.6. The Labute approximate surface area is 109 Å². The zero-order chi connectivity index (χ0) is 12.8. The van der Waals surface area contributed by atoms with Crippen molar-refractivity contribution in [2.24, 2.45) is 0 Å². The number of likely N-dealkylation sites (N-methyl/N-ethyl adjacent to an activating group) is 1. The topological polar surface area (TPSA) is 25.4 Å². The minimum atomic E-state index is 0.498. The van der Waals surface area contributed by atoms with Crippen LogP contribution in [0.5, 0.6) is 0 Å². The lowest BCUT2D eigenvalue weighted by Gasteiger charge is -2.25. The first-order valence-corrected chi connectivity index (χ1v) is 6.44. The second kappa shape index (κ2) is 6.82. The maximum atomic E-state index is 6.03. The number of nitrogens with zero attached hydrogens (tertiary/aromatic N) is 2. The Hall–Kier alpha value is -0.800. The SMILES string of the molecule is CCN(CCOC)c1nc(C)cc(C)c1CCl. The molecule has 96 valence electrons. The summed E-state index contributed by atoms with van der Waals surface area (Å²) in [5, 5.41) is 0. The van der Waals surface area contributed by atoms with Crippen LogP contribution >= 0.6 is 11.6 Å². The number of anilines is 1. The zero-order valence-corrected chi connectivity index (χ0v) is 11.8. The highest BCUT2D eigenvalue weighted by Crippen LogP contribution is 2.24. The fourth-order valence-corrected chi connectivity index (χ4v) is 2.22. The molecule has 0 aliphatic heterocycles. The van der Waals surface area contributed by atoms with Crippen LogP contribution in [0, 0.1) is 13.8 Å². The lowest BCUT2D eigenvalue weighted by molar-refractivity contribution is 0.205. The van der Waals surface area contributed by atoms with E-state index in [2.05, 4.69) is 29.8 Å². The molecule has 0 aliphatic rings. The van der Waals surface area contributed by atoms with Crippen LogP contribution in [0.1, 0.15) is 23.7 Å². The van der Waals surface area contributed by atoms with E-state index in [0.717, 1.165) is 30.2 Å². The lowest BCUT2D eigenvalue weighted by Crippen LogP contribution is -2.29. The molecule has 1 aromatic heterocycles. The summed E-state index contributed by atoms with van der Waals surface area (Å²) in [4.78, 5) is 6.82. The third kappa shape index (κ3) is 3.58. The van der Waals surface area contributed by atoms with Gasteiger partial charge < -0.3 is 9.64 Å². The van der Waals surface area contributed by atoms with E-state index in [4.69, 9.17) is 16.3 Å². The third-order valence-corrected chi connectivity index (χ3v) is 3.10. The summed E-state index contributed by atoms with van der Waals surface area (Å²) in [6, 6.07) is 2.07. The number of alkyl halides is 1. The van der Waals surface area contributed by atoms with E-state index in [1.165, 1.54) is 5.56 Å². The van der Waals surface area contributed by atoms with Gasteiger partial charge in [-0.3, -0.25) is 0 Å². The Balaban J connectivity index is 3.07. The highest BCUT2D eigenvalue weighted by molar-refractivity contribution is 6.17. The molecule has 0 radical (unpaired) electrons. The molecule has 0 atom stereocenters. The monoisotopic (exact) mass is 256 g/mol. The molecule has 1 aromatic rings. The molecule has 0 bridgehead atoms. The van der Waals surface area contributed by atoms with Crippen molar-refractivity contribution >= 4 is 17.4 Å². The molecule has 1 heterocycles. The number of methoxy groups -OCH3 is 1. The Bertz CT molecular complexity index is 369. The van der Waals surface area contributed by atoms with Crippen molar-refractivity contribution in [3.8, 4) is 0 Å².